The average molecular weight is 231 g/mol. The van der Waals surface area contributed by atoms with E-state index in [-0.39, 0.29) is 18.5 Å². The minimum absolute atomic E-state index is 0.157. The third kappa shape index (κ3) is 6.80. The summed E-state index contributed by atoms with van der Waals surface area (Å²) in [4.78, 5) is 11.4. The van der Waals surface area contributed by atoms with Gasteiger partial charge >= 0.3 is 5.97 Å². The van der Waals surface area contributed by atoms with E-state index >= 15 is 0 Å². The average Bonchev–Trinajstić information content (AvgIpc) is 2.25. The molecular formula is C12H25NO3. The standard InChI is InChI=1S/C12H25NO3/c1-5-10(4)11(13)12(14)16-7-6-15-8-9(2)3/h9-11H,5-8,13H2,1-4H3. The van der Waals surface area contributed by atoms with Crippen LogP contribution in [0.25, 0.3) is 0 Å². The predicted octanol–water partition coefficient (Wildman–Crippen LogP) is 1.58. The first-order valence-corrected chi connectivity index (χ1v) is 5.99. The Morgan fingerprint density at radius 1 is 1.25 bits per heavy atom. The first kappa shape index (κ1) is 15.4. The predicted molar refractivity (Wildman–Crippen MR) is 64.0 cm³/mol. The van der Waals surface area contributed by atoms with E-state index in [0.717, 1.165) is 6.42 Å². The van der Waals surface area contributed by atoms with E-state index in [9.17, 15) is 4.79 Å². The molecule has 0 fully saturated rings. The van der Waals surface area contributed by atoms with Crippen LogP contribution in [0.2, 0.25) is 0 Å². The van der Waals surface area contributed by atoms with Crippen LogP contribution < -0.4 is 5.73 Å². The second-order valence-corrected chi connectivity index (χ2v) is 4.55. The van der Waals surface area contributed by atoms with Gasteiger partial charge in [-0.3, -0.25) is 4.79 Å². The minimum Gasteiger partial charge on any atom is -0.462 e. The van der Waals surface area contributed by atoms with Crippen molar-refractivity contribution in [2.45, 2.75) is 40.2 Å². The fraction of sp³-hybridized carbons (Fsp3) is 0.917. The molecule has 0 radical (unpaired) electrons. The van der Waals surface area contributed by atoms with Crippen molar-refractivity contribution in [3.63, 3.8) is 0 Å². The van der Waals surface area contributed by atoms with Crippen molar-refractivity contribution in [2.75, 3.05) is 19.8 Å². The fourth-order valence-corrected chi connectivity index (χ4v) is 1.10. The number of hydrogen-bond donors (Lipinski definition) is 1. The molecule has 0 aromatic heterocycles. The van der Waals surface area contributed by atoms with Crippen molar-refractivity contribution in [1.82, 2.24) is 0 Å². The molecule has 0 amide bonds. The molecule has 0 aromatic carbocycles. The Kier molecular flexibility index (Phi) is 8.21. The summed E-state index contributed by atoms with van der Waals surface area (Å²) in [7, 11) is 0. The second-order valence-electron chi connectivity index (χ2n) is 4.55. The summed E-state index contributed by atoms with van der Waals surface area (Å²) in [5.41, 5.74) is 5.72. The maximum absolute atomic E-state index is 11.4. The topological polar surface area (TPSA) is 61.6 Å². The number of carbonyl (C=O) groups is 1. The molecule has 0 bridgehead atoms. The van der Waals surface area contributed by atoms with Crippen molar-refractivity contribution in [3.05, 3.63) is 0 Å². The summed E-state index contributed by atoms with van der Waals surface area (Å²) in [6, 6.07) is -0.518. The van der Waals surface area contributed by atoms with Crippen LogP contribution in [0, 0.1) is 11.8 Å². The lowest BCUT2D eigenvalue weighted by atomic mass is 10.0. The Balaban J connectivity index is 3.57. The molecule has 0 spiro atoms. The number of hydrogen-bond acceptors (Lipinski definition) is 4. The number of esters is 1. The summed E-state index contributed by atoms with van der Waals surface area (Å²) in [6.45, 7) is 9.52. The van der Waals surface area contributed by atoms with E-state index in [1.807, 2.05) is 13.8 Å². The van der Waals surface area contributed by atoms with Gasteiger partial charge in [-0.1, -0.05) is 34.1 Å². The normalized spacial score (nSPS) is 14.9. The van der Waals surface area contributed by atoms with Crippen molar-refractivity contribution in [1.29, 1.82) is 0 Å². The summed E-state index contributed by atoms with van der Waals surface area (Å²) in [6.07, 6.45) is 0.875. The lowest BCUT2D eigenvalue weighted by Gasteiger charge is -2.16. The van der Waals surface area contributed by atoms with Crippen molar-refractivity contribution < 1.29 is 14.3 Å². The smallest absolute Gasteiger partial charge is 0.323 e. The highest BCUT2D eigenvalue weighted by atomic mass is 16.6. The van der Waals surface area contributed by atoms with Gasteiger partial charge in [-0.15, -0.1) is 0 Å². The lowest BCUT2D eigenvalue weighted by molar-refractivity contribution is -0.148. The molecule has 0 saturated carbocycles. The number of carbonyl (C=O) groups excluding carboxylic acids is 1. The molecule has 16 heavy (non-hydrogen) atoms. The van der Waals surface area contributed by atoms with Crippen molar-refractivity contribution in [2.24, 2.45) is 17.6 Å². The first-order valence-electron chi connectivity index (χ1n) is 5.99. The second kappa shape index (κ2) is 8.53. The van der Waals surface area contributed by atoms with E-state index in [0.29, 0.717) is 19.1 Å². The van der Waals surface area contributed by atoms with Crippen LogP contribution in [0.15, 0.2) is 0 Å². The van der Waals surface area contributed by atoms with Crippen LogP contribution in [-0.2, 0) is 14.3 Å². The molecular weight excluding hydrogens is 206 g/mol. The van der Waals surface area contributed by atoms with Gasteiger partial charge in [0.05, 0.1) is 6.61 Å². The van der Waals surface area contributed by atoms with Crippen LogP contribution in [-0.4, -0.2) is 31.8 Å². The SMILES string of the molecule is CCC(C)C(N)C(=O)OCCOCC(C)C. The quantitative estimate of drug-likeness (QED) is 0.509. The molecule has 2 N–H and O–H groups in total. The van der Waals surface area contributed by atoms with Gasteiger partial charge in [-0.05, 0) is 11.8 Å². The third-order valence-corrected chi connectivity index (χ3v) is 2.45. The Morgan fingerprint density at radius 2 is 1.88 bits per heavy atom. The van der Waals surface area contributed by atoms with E-state index in [4.69, 9.17) is 15.2 Å². The molecule has 4 heteroatoms. The van der Waals surface area contributed by atoms with Gasteiger partial charge in [0.2, 0.25) is 0 Å². The molecule has 2 unspecified atom stereocenters. The van der Waals surface area contributed by atoms with Crippen molar-refractivity contribution in [3.8, 4) is 0 Å². The van der Waals surface area contributed by atoms with Gasteiger partial charge < -0.3 is 15.2 Å². The fourth-order valence-electron chi connectivity index (χ4n) is 1.10. The number of ether oxygens (including phenoxy) is 2. The van der Waals surface area contributed by atoms with E-state index in [1.54, 1.807) is 0 Å². The highest BCUT2D eigenvalue weighted by Crippen LogP contribution is 2.06. The molecule has 0 rings (SSSR count). The molecule has 0 saturated heterocycles. The van der Waals surface area contributed by atoms with E-state index < -0.39 is 6.04 Å². The van der Waals surface area contributed by atoms with Crippen LogP contribution in [0.4, 0.5) is 0 Å². The molecule has 0 aliphatic heterocycles. The highest BCUT2D eigenvalue weighted by molar-refractivity contribution is 5.75. The zero-order chi connectivity index (χ0) is 12.6. The van der Waals surface area contributed by atoms with E-state index in [1.165, 1.54) is 0 Å². The summed E-state index contributed by atoms with van der Waals surface area (Å²) in [5, 5.41) is 0. The monoisotopic (exact) mass is 231 g/mol. The number of rotatable bonds is 8. The van der Waals surface area contributed by atoms with Gasteiger partial charge in [-0.25, -0.2) is 0 Å². The zero-order valence-electron chi connectivity index (χ0n) is 10.9. The number of nitrogens with two attached hydrogens (primary N) is 1. The zero-order valence-corrected chi connectivity index (χ0v) is 10.9. The Labute approximate surface area is 98.5 Å². The van der Waals surface area contributed by atoms with Crippen LogP contribution in [0.1, 0.15) is 34.1 Å². The largest absolute Gasteiger partial charge is 0.462 e. The molecule has 4 nitrogen and oxygen atoms in total. The summed E-state index contributed by atoms with van der Waals surface area (Å²) in [5.74, 6) is 0.324. The summed E-state index contributed by atoms with van der Waals surface area (Å²) >= 11 is 0. The molecule has 0 aromatic rings. The van der Waals surface area contributed by atoms with Gasteiger partial charge in [-0.2, -0.15) is 0 Å². The minimum atomic E-state index is -0.518. The third-order valence-electron chi connectivity index (χ3n) is 2.45. The Morgan fingerprint density at radius 3 is 2.38 bits per heavy atom. The molecule has 96 valence electrons. The maximum Gasteiger partial charge on any atom is 0.323 e. The van der Waals surface area contributed by atoms with Gasteiger partial charge in [0, 0.05) is 6.61 Å². The highest BCUT2D eigenvalue weighted by Gasteiger charge is 2.20. The maximum atomic E-state index is 11.4. The van der Waals surface area contributed by atoms with Gasteiger partial charge in [0.15, 0.2) is 0 Å². The Bertz CT molecular complexity index is 195. The van der Waals surface area contributed by atoms with Crippen LogP contribution in [0.5, 0.6) is 0 Å². The molecule has 2 atom stereocenters. The van der Waals surface area contributed by atoms with Crippen LogP contribution >= 0.6 is 0 Å². The molecule has 0 heterocycles. The van der Waals surface area contributed by atoms with Gasteiger partial charge in [0.25, 0.3) is 0 Å². The molecule has 0 aliphatic rings. The Hall–Kier alpha value is -0.610. The lowest BCUT2D eigenvalue weighted by Crippen LogP contribution is -2.38. The van der Waals surface area contributed by atoms with E-state index in [2.05, 4.69) is 13.8 Å². The van der Waals surface area contributed by atoms with Crippen molar-refractivity contribution >= 4 is 5.97 Å². The molecule has 0 aliphatic carbocycles. The summed E-state index contributed by atoms with van der Waals surface area (Å²) < 4.78 is 10.3. The van der Waals surface area contributed by atoms with Gasteiger partial charge in [0.1, 0.15) is 12.6 Å². The first-order chi connectivity index (χ1) is 7.49. The van der Waals surface area contributed by atoms with Crippen LogP contribution in [0.3, 0.4) is 0 Å².